The van der Waals surface area contributed by atoms with Gasteiger partial charge in [-0.25, -0.2) is 9.37 Å². The molecule has 1 amide bonds. The predicted octanol–water partition coefficient (Wildman–Crippen LogP) is 3.72. The van der Waals surface area contributed by atoms with Gasteiger partial charge in [-0.2, -0.15) is 0 Å². The topological polar surface area (TPSA) is 81.4 Å². The first kappa shape index (κ1) is 18.9. The molecule has 0 spiro atoms. The number of carbonyl (C=O) groups is 2. The van der Waals surface area contributed by atoms with Crippen LogP contribution in [0.25, 0.3) is 0 Å². The van der Waals surface area contributed by atoms with Gasteiger partial charge >= 0.3 is 0 Å². The molecule has 2 bridgehead atoms. The second-order valence-electron chi connectivity index (χ2n) is 7.80. The fraction of sp³-hybridized carbons (Fsp3) is 0.450. The molecular weight excluding hydrogens is 387 g/mol. The van der Waals surface area contributed by atoms with Crippen molar-refractivity contribution in [3.05, 3.63) is 46.9 Å². The number of amides is 1. The van der Waals surface area contributed by atoms with Crippen molar-refractivity contribution >= 4 is 23.3 Å². The second kappa shape index (κ2) is 6.88. The first-order valence-electron chi connectivity index (χ1n) is 9.19. The minimum atomic E-state index is -0.594. The number of ketones is 1. The minimum Gasteiger partial charge on any atom is -0.484 e. The van der Waals surface area contributed by atoms with E-state index in [4.69, 9.17) is 20.8 Å². The van der Waals surface area contributed by atoms with Gasteiger partial charge in [-0.1, -0.05) is 18.5 Å². The molecule has 28 heavy (non-hydrogen) atoms. The zero-order valence-corrected chi connectivity index (χ0v) is 16.1. The molecule has 6 nitrogen and oxygen atoms in total. The summed E-state index contributed by atoms with van der Waals surface area (Å²) in [5, 5.41) is 2.98. The van der Waals surface area contributed by atoms with Gasteiger partial charge in [0.05, 0.1) is 5.02 Å². The molecule has 0 saturated heterocycles. The van der Waals surface area contributed by atoms with Crippen molar-refractivity contribution in [2.24, 2.45) is 5.41 Å². The summed E-state index contributed by atoms with van der Waals surface area (Å²) in [6.45, 7) is 1.72. The van der Waals surface area contributed by atoms with Crippen molar-refractivity contribution in [1.82, 2.24) is 10.3 Å². The number of hydrogen-bond donors (Lipinski definition) is 1. The average Bonchev–Trinajstić information content (AvgIpc) is 3.09. The maximum absolute atomic E-state index is 13.4. The van der Waals surface area contributed by atoms with E-state index in [0.29, 0.717) is 24.4 Å². The van der Waals surface area contributed by atoms with Crippen LogP contribution in [0.5, 0.6) is 5.75 Å². The summed E-state index contributed by atoms with van der Waals surface area (Å²) < 4.78 is 23.9. The number of nitrogens with one attached hydrogen (secondary N) is 1. The SMILES string of the molecule is CCc1nc(C(=O)CC23CC(NC(=O)COc4ccc(Cl)c(F)c4)(C2)C3)co1. The Morgan fingerprint density at radius 3 is 2.75 bits per heavy atom. The molecule has 0 atom stereocenters. The highest BCUT2D eigenvalue weighted by Gasteiger charge is 2.68. The van der Waals surface area contributed by atoms with Gasteiger partial charge in [0.25, 0.3) is 5.91 Å². The summed E-state index contributed by atoms with van der Waals surface area (Å²) in [5.41, 5.74) is 0.0866. The highest BCUT2D eigenvalue weighted by atomic mass is 35.5. The summed E-state index contributed by atoms with van der Waals surface area (Å²) in [7, 11) is 0. The molecule has 1 aromatic heterocycles. The molecule has 3 aliphatic rings. The van der Waals surface area contributed by atoms with Gasteiger partial charge in [0, 0.05) is 24.4 Å². The number of rotatable bonds is 8. The van der Waals surface area contributed by atoms with Crippen LogP contribution in [0, 0.1) is 11.2 Å². The lowest BCUT2D eigenvalue weighted by atomic mass is 9.38. The lowest BCUT2D eigenvalue weighted by Gasteiger charge is -2.70. The third-order valence-electron chi connectivity index (χ3n) is 5.48. The Bertz CT molecular complexity index is 922. The molecule has 0 unspecified atom stereocenters. The highest BCUT2D eigenvalue weighted by Crippen LogP contribution is 2.69. The van der Waals surface area contributed by atoms with Crippen molar-refractivity contribution in [2.75, 3.05) is 6.61 Å². The molecule has 3 aliphatic carbocycles. The Hall–Kier alpha value is -2.41. The van der Waals surface area contributed by atoms with Crippen LogP contribution >= 0.6 is 11.6 Å². The van der Waals surface area contributed by atoms with Gasteiger partial charge in [0.1, 0.15) is 23.5 Å². The van der Waals surface area contributed by atoms with Crippen molar-refractivity contribution in [3.63, 3.8) is 0 Å². The summed E-state index contributed by atoms with van der Waals surface area (Å²) in [6.07, 6.45) is 4.79. The van der Waals surface area contributed by atoms with Gasteiger partial charge in [-0.05, 0) is 36.8 Å². The average molecular weight is 407 g/mol. The fourth-order valence-corrected chi connectivity index (χ4v) is 4.52. The Kier molecular flexibility index (Phi) is 4.65. The normalized spacial score (nSPS) is 24.8. The molecule has 1 N–H and O–H groups in total. The van der Waals surface area contributed by atoms with E-state index < -0.39 is 5.82 Å². The third kappa shape index (κ3) is 3.51. The van der Waals surface area contributed by atoms with Crippen LogP contribution in [-0.4, -0.2) is 28.8 Å². The molecule has 5 rings (SSSR count). The van der Waals surface area contributed by atoms with Crippen LogP contribution < -0.4 is 10.1 Å². The number of hydrogen-bond acceptors (Lipinski definition) is 5. The van der Waals surface area contributed by atoms with E-state index in [2.05, 4.69) is 10.3 Å². The number of ether oxygens (including phenoxy) is 1. The highest BCUT2D eigenvalue weighted by molar-refractivity contribution is 6.30. The van der Waals surface area contributed by atoms with Gasteiger partial charge in [0.15, 0.2) is 18.3 Å². The Labute approximate surface area is 166 Å². The quantitative estimate of drug-likeness (QED) is 0.676. The van der Waals surface area contributed by atoms with E-state index in [1.165, 1.54) is 18.4 Å². The van der Waals surface area contributed by atoms with Crippen LogP contribution in [0.15, 0.2) is 28.9 Å². The number of nitrogens with zero attached hydrogens (tertiary/aromatic N) is 1. The van der Waals surface area contributed by atoms with Crippen LogP contribution in [0.2, 0.25) is 5.02 Å². The molecule has 1 aromatic carbocycles. The zero-order valence-electron chi connectivity index (χ0n) is 15.4. The number of oxazole rings is 1. The first-order valence-corrected chi connectivity index (χ1v) is 9.56. The molecule has 2 aromatic rings. The van der Waals surface area contributed by atoms with Crippen LogP contribution in [0.4, 0.5) is 4.39 Å². The Morgan fingerprint density at radius 1 is 1.36 bits per heavy atom. The van der Waals surface area contributed by atoms with Crippen LogP contribution in [0.1, 0.15) is 49.0 Å². The number of aryl methyl sites for hydroxylation is 1. The standard InChI is InChI=1S/C20H20ClFN2O4/c1-2-18-23-15(7-28-18)16(25)6-19-9-20(10-19,11-19)24-17(26)8-27-12-3-4-13(21)14(22)5-12/h3-5,7H,2,6,8-11H2,1H3,(H,24,26). The number of carbonyl (C=O) groups excluding carboxylic acids is 2. The van der Waals surface area contributed by atoms with Crippen LogP contribution in [0.3, 0.4) is 0 Å². The van der Waals surface area contributed by atoms with Gasteiger partial charge in [-0.3, -0.25) is 9.59 Å². The van der Waals surface area contributed by atoms with Crippen molar-refractivity contribution in [2.45, 2.75) is 44.6 Å². The number of halogens is 2. The summed E-state index contributed by atoms with van der Waals surface area (Å²) in [5.74, 6) is -0.0694. The van der Waals surface area contributed by atoms with E-state index in [-0.39, 0.29) is 40.0 Å². The fourth-order valence-electron chi connectivity index (χ4n) is 4.40. The van der Waals surface area contributed by atoms with E-state index >= 15 is 0 Å². The molecule has 3 fully saturated rings. The van der Waals surface area contributed by atoms with E-state index in [0.717, 1.165) is 25.3 Å². The van der Waals surface area contributed by atoms with Gasteiger partial charge in [0.2, 0.25) is 0 Å². The molecule has 0 radical (unpaired) electrons. The van der Waals surface area contributed by atoms with Crippen molar-refractivity contribution in [3.8, 4) is 5.75 Å². The number of aromatic nitrogens is 1. The maximum Gasteiger partial charge on any atom is 0.258 e. The monoisotopic (exact) mass is 406 g/mol. The summed E-state index contributed by atoms with van der Waals surface area (Å²) in [4.78, 5) is 28.7. The minimum absolute atomic E-state index is 0.00190. The van der Waals surface area contributed by atoms with E-state index in [1.54, 1.807) is 0 Å². The third-order valence-corrected chi connectivity index (χ3v) is 5.79. The summed E-state index contributed by atoms with van der Waals surface area (Å²) >= 11 is 5.62. The molecule has 8 heteroatoms. The van der Waals surface area contributed by atoms with E-state index in [1.807, 2.05) is 6.92 Å². The first-order chi connectivity index (χ1) is 13.3. The number of benzene rings is 1. The molecule has 3 saturated carbocycles. The second-order valence-corrected chi connectivity index (χ2v) is 8.21. The van der Waals surface area contributed by atoms with Crippen molar-refractivity contribution in [1.29, 1.82) is 0 Å². The summed E-state index contributed by atoms with van der Waals surface area (Å²) in [6, 6.07) is 4.03. The predicted molar refractivity (Wildman–Crippen MR) is 98.9 cm³/mol. The van der Waals surface area contributed by atoms with Gasteiger partial charge in [-0.15, -0.1) is 0 Å². The lowest BCUT2D eigenvalue weighted by molar-refractivity contribution is -0.164. The largest absolute Gasteiger partial charge is 0.484 e. The molecular formula is C20H20ClFN2O4. The maximum atomic E-state index is 13.4. The molecule has 1 heterocycles. The molecule has 0 aliphatic heterocycles. The van der Waals surface area contributed by atoms with Crippen LogP contribution in [-0.2, 0) is 11.2 Å². The zero-order chi connectivity index (χ0) is 19.9. The smallest absolute Gasteiger partial charge is 0.258 e. The number of Topliss-reactive ketones (excluding diaryl/α,β-unsaturated/α-hetero) is 1. The molecule has 148 valence electrons. The Morgan fingerprint density at radius 2 is 2.11 bits per heavy atom. The lowest BCUT2D eigenvalue weighted by Crippen LogP contribution is -2.75. The van der Waals surface area contributed by atoms with E-state index in [9.17, 15) is 14.0 Å². The van der Waals surface area contributed by atoms with Gasteiger partial charge < -0.3 is 14.5 Å². The Balaban J connectivity index is 1.23. The van der Waals surface area contributed by atoms with Crippen molar-refractivity contribution < 1.29 is 23.1 Å².